The molecule has 0 aliphatic heterocycles. The van der Waals surface area contributed by atoms with Crippen molar-refractivity contribution in [2.75, 3.05) is 11.8 Å². The van der Waals surface area contributed by atoms with E-state index in [1.165, 1.54) is 32.4 Å². The Bertz CT molecular complexity index is 1170. The van der Waals surface area contributed by atoms with E-state index in [0.717, 1.165) is 9.36 Å². The van der Waals surface area contributed by atoms with Crippen LogP contribution in [-0.4, -0.2) is 35.3 Å². The molecule has 11 heteroatoms. The first-order chi connectivity index (χ1) is 12.7. The van der Waals surface area contributed by atoms with Crippen LogP contribution in [0.3, 0.4) is 0 Å². The van der Waals surface area contributed by atoms with Crippen molar-refractivity contribution in [1.82, 2.24) is 19.8 Å². The van der Waals surface area contributed by atoms with Crippen molar-refractivity contribution in [3.63, 3.8) is 0 Å². The number of hydrogen-bond donors (Lipinski definition) is 1. The molecular formula is C16H16ClN5O4S. The van der Waals surface area contributed by atoms with Gasteiger partial charge in [0, 0.05) is 7.05 Å². The number of benzene rings is 2. The van der Waals surface area contributed by atoms with E-state index in [9.17, 15) is 13.2 Å². The van der Waals surface area contributed by atoms with Gasteiger partial charge in [-0.3, -0.25) is 4.72 Å². The molecule has 3 rings (SSSR count). The van der Waals surface area contributed by atoms with Crippen LogP contribution < -0.4 is 15.1 Å². The van der Waals surface area contributed by atoms with E-state index in [4.69, 9.17) is 16.3 Å². The Kier molecular flexibility index (Phi) is 4.94. The maximum Gasteiger partial charge on any atom is 0.368 e. The zero-order valence-corrected chi connectivity index (χ0v) is 16.2. The second-order valence-electron chi connectivity index (χ2n) is 5.70. The Labute approximate surface area is 160 Å². The number of methoxy groups -OCH3 is 1. The van der Waals surface area contributed by atoms with Gasteiger partial charge in [-0.05, 0) is 59.3 Å². The van der Waals surface area contributed by atoms with Crippen molar-refractivity contribution in [3.8, 4) is 11.4 Å². The van der Waals surface area contributed by atoms with Gasteiger partial charge in [0.2, 0.25) is 0 Å². The number of nitrogens with one attached hydrogen (secondary N) is 1. The van der Waals surface area contributed by atoms with Crippen molar-refractivity contribution in [2.24, 2.45) is 7.05 Å². The molecule has 0 aliphatic carbocycles. The Morgan fingerprint density at radius 3 is 2.48 bits per heavy atom. The van der Waals surface area contributed by atoms with Gasteiger partial charge in [0.15, 0.2) is 0 Å². The van der Waals surface area contributed by atoms with E-state index in [1.54, 1.807) is 25.1 Å². The lowest BCUT2D eigenvalue weighted by molar-refractivity contribution is 0.414. The molecule has 0 unspecified atom stereocenters. The van der Waals surface area contributed by atoms with Crippen molar-refractivity contribution in [1.29, 1.82) is 0 Å². The number of hydrogen-bond acceptors (Lipinski definition) is 6. The average Bonchev–Trinajstić information content (AvgIpc) is 2.96. The molecule has 142 valence electrons. The maximum absolute atomic E-state index is 12.8. The molecule has 1 heterocycles. The van der Waals surface area contributed by atoms with E-state index in [2.05, 4.69) is 15.1 Å². The Balaban J connectivity index is 2.02. The van der Waals surface area contributed by atoms with Crippen LogP contribution in [0.2, 0.25) is 5.02 Å². The van der Waals surface area contributed by atoms with Gasteiger partial charge in [-0.1, -0.05) is 11.6 Å². The minimum Gasteiger partial charge on any atom is -0.497 e. The minimum atomic E-state index is -3.93. The highest BCUT2D eigenvalue weighted by Gasteiger charge is 2.19. The van der Waals surface area contributed by atoms with Gasteiger partial charge in [0.25, 0.3) is 10.0 Å². The maximum atomic E-state index is 12.8. The summed E-state index contributed by atoms with van der Waals surface area (Å²) in [6.07, 6.45) is 0. The van der Waals surface area contributed by atoms with Crippen LogP contribution >= 0.6 is 11.6 Å². The molecule has 9 nitrogen and oxygen atoms in total. The fraction of sp³-hybridized carbons (Fsp3) is 0.188. The van der Waals surface area contributed by atoms with Crippen molar-refractivity contribution < 1.29 is 13.2 Å². The highest BCUT2D eigenvalue weighted by Crippen LogP contribution is 2.26. The summed E-state index contributed by atoms with van der Waals surface area (Å²) in [6, 6.07) is 8.96. The Hall–Kier alpha value is -2.85. The van der Waals surface area contributed by atoms with Crippen molar-refractivity contribution in [3.05, 3.63) is 57.5 Å². The largest absolute Gasteiger partial charge is 0.497 e. The number of ether oxygens (including phenoxy) is 1. The summed E-state index contributed by atoms with van der Waals surface area (Å²) >= 11 is 6.11. The fourth-order valence-corrected chi connectivity index (χ4v) is 3.72. The first-order valence-electron chi connectivity index (χ1n) is 7.69. The standard InChI is InChI=1S/C16H16ClN5O4S/c1-10-8-11(26-3)4-7-14(10)18-27(24,25)12-5-6-13(17)15(9-12)22-16(23)21(2)19-20-22/h4-9,18H,1-3H3. The number of anilines is 1. The monoisotopic (exact) mass is 409 g/mol. The Morgan fingerprint density at radius 2 is 1.89 bits per heavy atom. The summed E-state index contributed by atoms with van der Waals surface area (Å²) in [5.41, 5.74) is 0.663. The van der Waals surface area contributed by atoms with Crippen LogP contribution in [0, 0.1) is 6.92 Å². The summed E-state index contributed by atoms with van der Waals surface area (Å²) in [4.78, 5) is 12.0. The number of tetrazole rings is 1. The van der Waals surface area contributed by atoms with E-state index < -0.39 is 15.7 Å². The highest BCUT2D eigenvalue weighted by atomic mass is 35.5. The number of aromatic nitrogens is 4. The summed E-state index contributed by atoms with van der Waals surface area (Å²) in [5, 5.41) is 7.46. The van der Waals surface area contributed by atoms with Gasteiger partial charge in [-0.25, -0.2) is 13.2 Å². The molecule has 1 aromatic heterocycles. The third-order valence-corrected chi connectivity index (χ3v) is 5.54. The zero-order valence-electron chi connectivity index (χ0n) is 14.7. The van der Waals surface area contributed by atoms with Crippen LogP contribution in [-0.2, 0) is 17.1 Å². The van der Waals surface area contributed by atoms with E-state index in [0.29, 0.717) is 17.0 Å². The molecular weight excluding hydrogens is 394 g/mol. The Morgan fingerprint density at radius 1 is 1.15 bits per heavy atom. The van der Waals surface area contributed by atoms with Crippen molar-refractivity contribution in [2.45, 2.75) is 11.8 Å². The van der Waals surface area contributed by atoms with Gasteiger partial charge in [0.05, 0.1) is 28.4 Å². The third-order valence-electron chi connectivity index (χ3n) is 3.86. The summed E-state index contributed by atoms with van der Waals surface area (Å²) in [7, 11) is -0.974. The number of rotatable bonds is 5. The number of halogens is 1. The summed E-state index contributed by atoms with van der Waals surface area (Å²) in [5.74, 6) is 0.617. The first-order valence-corrected chi connectivity index (χ1v) is 9.55. The smallest absolute Gasteiger partial charge is 0.368 e. The van der Waals surface area contributed by atoms with E-state index in [-0.39, 0.29) is 15.6 Å². The van der Waals surface area contributed by atoms with Gasteiger partial charge >= 0.3 is 5.69 Å². The van der Waals surface area contributed by atoms with E-state index in [1.807, 2.05) is 0 Å². The molecule has 0 saturated carbocycles. The molecule has 0 bridgehead atoms. The number of nitrogens with zero attached hydrogens (tertiary/aromatic N) is 4. The second-order valence-corrected chi connectivity index (χ2v) is 7.79. The van der Waals surface area contributed by atoms with Crippen LogP contribution in [0.4, 0.5) is 5.69 Å². The quantitative estimate of drug-likeness (QED) is 0.687. The number of sulfonamides is 1. The molecule has 0 amide bonds. The van der Waals surface area contributed by atoms with Gasteiger partial charge in [-0.15, -0.1) is 0 Å². The fourth-order valence-electron chi connectivity index (χ4n) is 2.37. The molecule has 2 aromatic carbocycles. The molecule has 0 fully saturated rings. The number of aryl methyl sites for hydroxylation is 2. The average molecular weight is 410 g/mol. The van der Waals surface area contributed by atoms with Crippen LogP contribution in [0.15, 0.2) is 46.1 Å². The molecule has 0 aliphatic rings. The predicted octanol–water partition coefficient (Wildman–Crippen LogP) is 1.74. The lowest BCUT2D eigenvalue weighted by Gasteiger charge is -2.13. The SMILES string of the molecule is COc1ccc(NS(=O)(=O)c2ccc(Cl)c(-n3nnn(C)c3=O)c2)c(C)c1. The topological polar surface area (TPSA) is 108 Å². The lowest BCUT2D eigenvalue weighted by Crippen LogP contribution is -2.22. The zero-order chi connectivity index (χ0) is 19.8. The minimum absolute atomic E-state index is 0.0744. The van der Waals surface area contributed by atoms with E-state index >= 15 is 0 Å². The molecule has 0 atom stereocenters. The molecule has 3 aromatic rings. The molecule has 0 spiro atoms. The first kappa shape index (κ1) is 18.9. The molecule has 0 saturated heterocycles. The van der Waals surface area contributed by atoms with Crippen molar-refractivity contribution >= 4 is 27.3 Å². The van der Waals surface area contributed by atoms with Crippen LogP contribution in [0.5, 0.6) is 5.75 Å². The van der Waals surface area contributed by atoms with Gasteiger partial charge < -0.3 is 4.74 Å². The summed E-state index contributed by atoms with van der Waals surface area (Å²) < 4.78 is 35.1. The van der Waals surface area contributed by atoms with Gasteiger partial charge in [0.1, 0.15) is 5.75 Å². The predicted molar refractivity (Wildman–Crippen MR) is 100 cm³/mol. The normalized spacial score (nSPS) is 11.4. The molecule has 0 radical (unpaired) electrons. The molecule has 1 N–H and O–H groups in total. The van der Waals surface area contributed by atoms with Crippen LogP contribution in [0.1, 0.15) is 5.56 Å². The lowest BCUT2D eigenvalue weighted by atomic mass is 10.2. The van der Waals surface area contributed by atoms with Crippen LogP contribution in [0.25, 0.3) is 5.69 Å². The second kappa shape index (κ2) is 7.05. The summed E-state index contributed by atoms with van der Waals surface area (Å²) in [6.45, 7) is 1.76. The molecule has 27 heavy (non-hydrogen) atoms. The highest BCUT2D eigenvalue weighted by molar-refractivity contribution is 7.92. The van der Waals surface area contributed by atoms with Gasteiger partial charge in [-0.2, -0.15) is 9.36 Å². The third kappa shape index (κ3) is 3.67.